The zero-order valence-electron chi connectivity index (χ0n) is 16.5. The molecule has 6 N–H and O–H groups in total. The maximum absolute atomic E-state index is 11.3. The molecule has 2 fully saturated rings. The molecule has 0 radical (unpaired) electrons. The summed E-state index contributed by atoms with van der Waals surface area (Å²) < 4.78 is 5.21. The molecule has 2 aliphatic rings. The Hall–Kier alpha value is -0.890. The number of carbonyl (C=O) groups excluding carboxylic acids is 1. The van der Waals surface area contributed by atoms with Crippen LogP contribution in [0.25, 0.3) is 0 Å². The molecule has 2 saturated carbocycles. The van der Waals surface area contributed by atoms with Gasteiger partial charge in [-0.2, -0.15) is 0 Å². The summed E-state index contributed by atoms with van der Waals surface area (Å²) in [6.45, 7) is 6.22. The largest absolute Gasteiger partial charge is 0.480 e. The van der Waals surface area contributed by atoms with Crippen LogP contribution < -0.4 is 11.5 Å². The molecule has 0 amide bonds. The zero-order valence-corrected chi connectivity index (χ0v) is 17.3. The number of hydrogen-bond donors (Lipinski definition) is 4. The lowest BCUT2D eigenvalue weighted by atomic mass is 10.1. The monoisotopic (exact) mass is 396 g/mol. The van der Waals surface area contributed by atoms with Crippen LogP contribution in [0.5, 0.6) is 0 Å². The number of carboxylic acid groups (broad SMARTS) is 1. The maximum Gasteiger partial charge on any atom is 0.325 e. The van der Waals surface area contributed by atoms with Gasteiger partial charge in [-0.1, -0.05) is 12.8 Å². The Morgan fingerprint density at radius 1 is 0.885 bits per heavy atom. The molecule has 0 aliphatic heterocycles. The van der Waals surface area contributed by atoms with Crippen LogP contribution in [-0.2, 0) is 14.3 Å². The van der Waals surface area contributed by atoms with Gasteiger partial charge in [-0.3, -0.25) is 9.59 Å². The fourth-order valence-corrected chi connectivity index (χ4v) is 2.21. The predicted molar refractivity (Wildman–Crippen MR) is 104 cm³/mol. The zero-order chi connectivity index (χ0) is 19.7. The summed E-state index contributed by atoms with van der Waals surface area (Å²) in [5.41, 5.74) is 8.73. The van der Waals surface area contributed by atoms with E-state index in [0.717, 1.165) is 25.7 Å². The van der Waals surface area contributed by atoms with E-state index in [4.69, 9.17) is 26.4 Å². The third-order valence-electron chi connectivity index (χ3n) is 3.98. The Bertz CT molecular complexity index is 407. The third kappa shape index (κ3) is 13.3. The number of aliphatic hydroxyl groups excluding tert-OH is 1. The van der Waals surface area contributed by atoms with Crippen LogP contribution in [0, 0.1) is 0 Å². The van der Waals surface area contributed by atoms with Gasteiger partial charge < -0.3 is 26.4 Å². The van der Waals surface area contributed by atoms with Crippen molar-refractivity contribution in [2.45, 2.75) is 102 Å². The van der Waals surface area contributed by atoms with Gasteiger partial charge in [0, 0.05) is 0 Å². The van der Waals surface area contributed by atoms with E-state index >= 15 is 0 Å². The highest BCUT2D eigenvalue weighted by molar-refractivity contribution is 5.85. The number of carbonyl (C=O) groups is 2. The van der Waals surface area contributed by atoms with Crippen LogP contribution in [0.15, 0.2) is 0 Å². The molecule has 2 aliphatic carbocycles. The second-order valence-electron chi connectivity index (χ2n) is 8.00. The lowest BCUT2D eigenvalue weighted by molar-refractivity contribution is -0.154. The Kier molecular flexibility index (Phi) is 13.1. The maximum atomic E-state index is 11.3. The highest BCUT2D eigenvalue weighted by atomic mass is 35.5. The van der Waals surface area contributed by atoms with E-state index in [-0.39, 0.29) is 30.6 Å². The molecule has 0 heterocycles. The average molecular weight is 397 g/mol. The third-order valence-corrected chi connectivity index (χ3v) is 3.98. The van der Waals surface area contributed by atoms with Gasteiger partial charge in [-0.05, 0) is 66.2 Å². The lowest BCUT2D eigenvalue weighted by Crippen LogP contribution is -2.44. The fourth-order valence-electron chi connectivity index (χ4n) is 2.21. The van der Waals surface area contributed by atoms with Gasteiger partial charge in [0.25, 0.3) is 0 Å². The molecule has 2 rings (SSSR count). The molecule has 156 valence electrons. The van der Waals surface area contributed by atoms with Crippen LogP contribution in [0.1, 0.15) is 79.1 Å². The Morgan fingerprint density at radius 2 is 1.23 bits per heavy atom. The van der Waals surface area contributed by atoms with Crippen molar-refractivity contribution in [1.82, 2.24) is 0 Å². The number of rotatable bonds is 3. The van der Waals surface area contributed by atoms with Gasteiger partial charge in [0.05, 0.1) is 6.10 Å². The van der Waals surface area contributed by atoms with Crippen molar-refractivity contribution in [1.29, 1.82) is 0 Å². The van der Waals surface area contributed by atoms with Crippen molar-refractivity contribution in [3.8, 4) is 0 Å². The van der Waals surface area contributed by atoms with E-state index < -0.39 is 17.0 Å². The average Bonchev–Trinajstić information content (AvgIpc) is 3.11. The summed E-state index contributed by atoms with van der Waals surface area (Å²) in [5.74, 6) is -1.26. The number of hydrogen-bond acceptors (Lipinski definition) is 6. The van der Waals surface area contributed by atoms with E-state index in [0.29, 0.717) is 0 Å². The quantitative estimate of drug-likeness (QED) is 0.537. The van der Waals surface area contributed by atoms with E-state index in [1.807, 2.05) is 0 Å². The molecule has 7 nitrogen and oxygen atoms in total. The highest BCUT2D eigenvalue weighted by Gasteiger charge is 2.28. The Balaban J connectivity index is 0. The highest BCUT2D eigenvalue weighted by Crippen LogP contribution is 2.22. The summed E-state index contributed by atoms with van der Waals surface area (Å²) in [4.78, 5) is 21.2. The first-order valence-corrected chi connectivity index (χ1v) is 9.04. The first kappa shape index (κ1) is 27.3. The molecule has 0 aromatic rings. The molecule has 0 aromatic carbocycles. The number of nitrogens with two attached hydrogens (primary N) is 2. The van der Waals surface area contributed by atoms with Gasteiger partial charge >= 0.3 is 11.9 Å². The minimum absolute atomic E-state index is 0. The van der Waals surface area contributed by atoms with Crippen molar-refractivity contribution in [3.05, 3.63) is 0 Å². The van der Waals surface area contributed by atoms with Crippen LogP contribution in [-0.4, -0.2) is 45.4 Å². The lowest BCUT2D eigenvalue weighted by Gasteiger charge is -2.20. The second kappa shape index (κ2) is 12.5. The standard InChI is InChI=1S/C9H17NO2.C5H10O.C4H9NO2.ClH/c1-9(2,10)8(11)12-7-5-3-4-6-7;6-5-3-1-2-4-5;1-4(2,5)3(6)7;/h7H,3-6,10H2,1-2H3;5-6H,1-4H2;5H2,1-2H3,(H,6,7);1H. The summed E-state index contributed by atoms with van der Waals surface area (Å²) in [6.07, 6.45) is 9.07. The minimum atomic E-state index is -1.08. The van der Waals surface area contributed by atoms with Crippen LogP contribution >= 0.6 is 12.4 Å². The van der Waals surface area contributed by atoms with Crippen LogP contribution in [0.2, 0.25) is 0 Å². The Labute approximate surface area is 163 Å². The van der Waals surface area contributed by atoms with E-state index in [1.165, 1.54) is 39.5 Å². The number of ether oxygens (including phenoxy) is 1. The van der Waals surface area contributed by atoms with Gasteiger partial charge in [-0.15, -0.1) is 12.4 Å². The van der Waals surface area contributed by atoms with E-state index in [1.54, 1.807) is 13.8 Å². The van der Waals surface area contributed by atoms with Crippen LogP contribution in [0.4, 0.5) is 0 Å². The first-order chi connectivity index (χ1) is 11.3. The molecule has 0 bridgehead atoms. The topological polar surface area (TPSA) is 136 Å². The van der Waals surface area contributed by atoms with Crippen molar-refractivity contribution in [2.75, 3.05) is 0 Å². The SMILES string of the molecule is CC(C)(N)C(=O)O.CC(C)(N)C(=O)OC1CCCC1.Cl.OC1CCCC1. The Morgan fingerprint density at radius 3 is 1.46 bits per heavy atom. The van der Waals surface area contributed by atoms with Crippen molar-refractivity contribution in [2.24, 2.45) is 11.5 Å². The molecule has 0 aromatic heterocycles. The van der Waals surface area contributed by atoms with E-state index in [2.05, 4.69) is 0 Å². The van der Waals surface area contributed by atoms with Gasteiger partial charge in [0.2, 0.25) is 0 Å². The normalized spacial score (nSPS) is 18.0. The molecule has 8 heteroatoms. The molecule has 0 spiro atoms. The summed E-state index contributed by atoms with van der Waals surface area (Å²) in [5, 5.41) is 16.9. The van der Waals surface area contributed by atoms with E-state index in [9.17, 15) is 9.59 Å². The number of aliphatic hydroxyl groups is 1. The molecule has 26 heavy (non-hydrogen) atoms. The number of carboxylic acids is 1. The van der Waals surface area contributed by atoms with Gasteiger partial charge in [0.1, 0.15) is 17.2 Å². The number of aliphatic carboxylic acids is 1. The van der Waals surface area contributed by atoms with Gasteiger partial charge in [-0.25, -0.2) is 0 Å². The summed E-state index contributed by atoms with van der Waals surface area (Å²) >= 11 is 0. The first-order valence-electron chi connectivity index (χ1n) is 9.04. The fraction of sp³-hybridized carbons (Fsp3) is 0.889. The molecule has 0 saturated heterocycles. The van der Waals surface area contributed by atoms with Crippen molar-refractivity contribution >= 4 is 24.3 Å². The smallest absolute Gasteiger partial charge is 0.325 e. The van der Waals surface area contributed by atoms with Crippen LogP contribution in [0.3, 0.4) is 0 Å². The van der Waals surface area contributed by atoms with Crippen molar-refractivity contribution < 1.29 is 24.5 Å². The predicted octanol–water partition coefficient (Wildman–Crippen LogP) is 2.36. The molecular weight excluding hydrogens is 360 g/mol. The number of halogens is 1. The van der Waals surface area contributed by atoms with Crippen molar-refractivity contribution in [3.63, 3.8) is 0 Å². The molecule has 0 atom stereocenters. The summed E-state index contributed by atoms with van der Waals surface area (Å²) in [7, 11) is 0. The molecule has 0 unspecified atom stereocenters. The molecular formula is C18H37ClN2O5. The number of esters is 1. The minimum Gasteiger partial charge on any atom is -0.480 e. The van der Waals surface area contributed by atoms with Gasteiger partial charge in [0.15, 0.2) is 0 Å². The summed E-state index contributed by atoms with van der Waals surface area (Å²) in [6, 6.07) is 0. The second-order valence-corrected chi connectivity index (χ2v) is 8.00.